The van der Waals surface area contributed by atoms with E-state index in [4.69, 9.17) is 42.7 Å². The van der Waals surface area contributed by atoms with Gasteiger partial charge >= 0.3 is 5.97 Å². The van der Waals surface area contributed by atoms with Gasteiger partial charge in [0.1, 0.15) is 21.0 Å². The molecule has 0 saturated heterocycles. The molecular formula is C28H24Cl2N3O4S+. The second-order valence-electron chi connectivity index (χ2n) is 8.15. The molecule has 0 aliphatic heterocycles. The fourth-order valence-electron chi connectivity index (χ4n) is 3.80. The van der Waals surface area contributed by atoms with E-state index >= 15 is 0 Å². The number of rotatable bonds is 10. The van der Waals surface area contributed by atoms with Crippen LogP contribution in [0.1, 0.15) is 37.3 Å². The average molecular weight is 569 g/mol. The van der Waals surface area contributed by atoms with E-state index in [-0.39, 0.29) is 6.42 Å². The van der Waals surface area contributed by atoms with Crippen LogP contribution >= 0.6 is 34.5 Å². The maximum atomic E-state index is 13.2. The number of nitrogens with zero attached hydrogens (tertiary/aromatic N) is 1. The Balaban J connectivity index is 1.54. The highest BCUT2D eigenvalue weighted by Gasteiger charge is 2.24. The van der Waals surface area contributed by atoms with Crippen LogP contribution in [0.4, 0.5) is 5.69 Å². The van der Waals surface area contributed by atoms with Crippen molar-refractivity contribution in [1.29, 1.82) is 5.26 Å². The summed E-state index contributed by atoms with van der Waals surface area (Å²) in [6.45, 7) is 0.498. The molecule has 194 valence electrons. The minimum atomic E-state index is -0.697. The number of halogens is 2. The van der Waals surface area contributed by atoms with Crippen LogP contribution in [-0.4, -0.2) is 20.2 Å². The molecule has 0 bridgehead atoms. The topological polar surface area (TPSA) is 94.7 Å². The molecule has 38 heavy (non-hydrogen) atoms. The molecule has 0 aliphatic carbocycles. The lowest BCUT2D eigenvalue weighted by Crippen LogP contribution is -2.15. The summed E-state index contributed by atoms with van der Waals surface area (Å²) in [5.41, 5.74) is 2.74. The molecule has 2 N–H and O–H groups in total. The molecule has 2 heterocycles. The Labute approximate surface area is 234 Å². The van der Waals surface area contributed by atoms with Crippen molar-refractivity contribution >= 4 is 46.2 Å². The van der Waals surface area contributed by atoms with E-state index in [1.54, 1.807) is 56.9 Å². The van der Waals surface area contributed by atoms with Crippen LogP contribution in [0.3, 0.4) is 0 Å². The zero-order valence-corrected chi connectivity index (χ0v) is 22.9. The van der Waals surface area contributed by atoms with Gasteiger partial charge in [-0.25, -0.2) is 9.78 Å². The number of nitrogens with one attached hydrogen (secondary N) is 2. The highest BCUT2D eigenvalue weighted by Crippen LogP contribution is 2.35. The third-order valence-corrected chi connectivity index (χ3v) is 7.48. The summed E-state index contributed by atoms with van der Waals surface area (Å²) in [6, 6.07) is 18.3. The quantitative estimate of drug-likeness (QED) is 0.219. The number of thiophene rings is 1. The van der Waals surface area contributed by atoms with E-state index < -0.39 is 12.1 Å². The summed E-state index contributed by atoms with van der Waals surface area (Å²) in [5, 5.41) is 13.2. The van der Waals surface area contributed by atoms with Crippen molar-refractivity contribution in [1.82, 2.24) is 0 Å². The molecule has 0 amide bonds. The van der Waals surface area contributed by atoms with Crippen molar-refractivity contribution in [2.24, 2.45) is 0 Å². The number of carbonyl (C=O) groups excluding carboxylic acids is 1. The first kappa shape index (κ1) is 27.3. The standard InChI is InChI=1S/C28H23Cl2N3O4S/c1-35-24-8-6-18(11-26(24)36-2)25(12-21-22(29)15-32-16-23(21)30)37-28(34)27-9-7-20(38-27)14-33-19-5-3-4-17(10-19)13-31/h3-11,15-16,25,33H,12,14H2,1-2H3/p+1/t25-/m0/s1. The minimum Gasteiger partial charge on any atom is -0.493 e. The van der Waals surface area contributed by atoms with Gasteiger partial charge < -0.3 is 19.5 Å². The first-order chi connectivity index (χ1) is 18.4. The number of ether oxygens (including phenoxy) is 3. The summed E-state index contributed by atoms with van der Waals surface area (Å²) in [6.07, 6.45) is 2.81. The molecule has 2 aromatic heterocycles. The molecule has 0 unspecified atom stereocenters. The Morgan fingerprint density at radius 3 is 2.53 bits per heavy atom. The summed E-state index contributed by atoms with van der Waals surface area (Å²) in [5.74, 6) is 0.597. The van der Waals surface area contributed by atoms with Gasteiger partial charge in [0.05, 0.1) is 25.9 Å². The number of esters is 1. The van der Waals surface area contributed by atoms with Gasteiger partial charge in [-0.05, 0) is 48.0 Å². The minimum absolute atomic E-state index is 0.253. The summed E-state index contributed by atoms with van der Waals surface area (Å²) >= 11 is 14.1. The molecular weight excluding hydrogens is 545 g/mol. The Bertz CT molecular complexity index is 1460. The zero-order chi connectivity index (χ0) is 27.1. The van der Waals surface area contributed by atoms with E-state index in [1.807, 2.05) is 24.3 Å². The molecule has 0 spiro atoms. The SMILES string of the molecule is COc1ccc([C@H](Cc2c(Cl)c[nH+]cc2Cl)OC(=O)c2ccc(CNc3cccc(C#N)c3)s2)cc1OC. The number of hydrogen-bond donors (Lipinski definition) is 1. The van der Waals surface area contributed by atoms with Crippen LogP contribution in [0.2, 0.25) is 10.0 Å². The third kappa shape index (κ3) is 6.56. The number of pyridine rings is 1. The summed E-state index contributed by atoms with van der Waals surface area (Å²) in [4.78, 5) is 17.5. The van der Waals surface area contributed by atoms with Crippen molar-refractivity contribution in [2.75, 3.05) is 19.5 Å². The highest BCUT2D eigenvalue weighted by atomic mass is 35.5. The molecule has 0 fully saturated rings. The lowest BCUT2D eigenvalue weighted by Gasteiger charge is -2.20. The molecule has 4 rings (SSSR count). The van der Waals surface area contributed by atoms with Crippen LogP contribution in [0.5, 0.6) is 11.5 Å². The van der Waals surface area contributed by atoms with Gasteiger partial charge in [0.2, 0.25) is 0 Å². The van der Waals surface area contributed by atoms with Gasteiger partial charge in [0.15, 0.2) is 23.9 Å². The van der Waals surface area contributed by atoms with E-state index in [2.05, 4.69) is 16.4 Å². The highest BCUT2D eigenvalue weighted by molar-refractivity contribution is 7.13. The van der Waals surface area contributed by atoms with Crippen LogP contribution in [0.25, 0.3) is 0 Å². The van der Waals surface area contributed by atoms with Gasteiger partial charge in [0, 0.05) is 29.1 Å². The summed E-state index contributed by atoms with van der Waals surface area (Å²) in [7, 11) is 3.10. The van der Waals surface area contributed by atoms with E-state index in [0.29, 0.717) is 49.7 Å². The Kier molecular flexibility index (Phi) is 9.08. The van der Waals surface area contributed by atoms with E-state index in [0.717, 1.165) is 10.6 Å². The van der Waals surface area contributed by atoms with Crippen LogP contribution < -0.4 is 19.8 Å². The smallest absolute Gasteiger partial charge is 0.348 e. The number of carbonyl (C=O) groups is 1. The third-order valence-electron chi connectivity index (χ3n) is 5.74. The second kappa shape index (κ2) is 12.7. The fourth-order valence-corrected chi connectivity index (χ4v) is 5.16. The van der Waals surface area contributed by atoms with Crippen molar-refractivity contribution in [3.8, 4) is 17.6 Å². The first-order valence-electron chi connectivity index (χ1n) is 11.5. The predicted octanol–water partition coefficient (Wildman–Crippen LogP) is 6.51. The van der Waals surface area contributed by atoms with Gasteiger partial charge in [-0.15, -0.1) is 11.3 Å². The average Bonchev–Trinajstić information content (AvgIpc) is 3.42. The number of aromatic amines is 1. The van der Waals surface area contributed by atoms with Crippen molar-refractivity contribution in [2.45, 2.75) is 19.1 Å². The van der Waals surface area contributed by atoms with Crippen molar-refractivity contribution in [3.05, 3.63) is 103 Å². The molecule has 1 atom stereocenters. The number of H-pyrrole nitrogens is 1. The zero-order valence-electron chi connectivity index (χ0n) is 20.6. The fraction of sp³-hybridized carbons (Fsp3) is 0.179. The molecule has 7 nitrogen and oxygen atoms in total. The van der Waals surface area contributed by atoms with Crippen molar-refractivity contribution < 1.29 is 24.0 Å². The number of aromatic nitrogens is 1. The van der Waals surface area contributed by atoms with Crippen LogP contribution in [0, 0.1) is 11.3 Å². The maximum Gasteiger partial charge on any atom is 0.348 e. The number of nitriles is 1. The number of methoxy groups -OCH3 is 2. The molecule has 0 aliphatic rings. The van der Waals surface area contributed by atoms with Gasteiger partial charge in [0.25, 0.3) is 0 Å². The number of hydrogen-bond acceptors (Lipinski definition) is 7. The predicted molar refractivity (Wildman–Crippen MR) is 147 cm³/mol. The van der Waals surface area contributed by atoms with E-state index in [9.17, 15) is 4.79 Å². The Morgan fingerprint density at radius 2 is 1.82 bits per heavy atom. The lowest BCUT2D eigenvalue weighted by atomic mass is 10.0. The maximum absolute atomic E-state index is 13.2. The van der Waals surface area contributed by atoms with Crippen LogP contribution in [-0.2, 0) is 17.7 Å². The molecule has 0 radical (unpaired) electrons. The molecule has 4 aromatic rings. The lowest BCUT2D eigenvalue weighted by molar-refractivity contribution is -0.377. The summed E-state index contributed by atoms with van der Waals surface area (Å²) < 4.78 is 16.8. The largest absolute Gasteiger partial charge is 0.493 e. The van der Waals surface area contributed by atoms with Gasteiger partial charge in [-0.3, -0.25) is 0 Å². The van der Waals surface area contributed by atoms with Crippen LogP contribution in [0.15, 0.2) is 67.0 Å². The second-order valence-corrected chi connectivity index (χ2v) is 10.1. The molecule has 0 saturated carbocycles. The van der Waals surface area contributed by atoms with Gasteiger partial charge in [-0.1, -0.05) is 35.3 Å². The van der Waals surface area contributed by atoms with E-state index in [1.165, 1.54) is 11.3 Å². The molecule has 2 aromatic carbocycles. The monoisotopic (exact) mass is 568 g/mol. The molecule has 10 heteroatoms. The van der Waals surface area contributed by atoms with Crippen molar-refractivity contribution in [3.63, 3.8) is 0 Å². The number of anilines is 1. The Hall–Kier alpha value is -3.77. The number of benzene rings is 2. The Morgan fingerprint density at radius 1 is 1.05 bits per heavy atom. The first-order valence-corrected chi connectivity index (χ1v) is 13.1. The van der Waals surface area contributed by atoms with Gasteiger partial charge in [-0.2, -0.15) is 5.26 Å². The normalized spacial score (nSPS) is 11.3.